The van der Waals surface area contributed by atoms with Crippen LogP contribution >= 0.6 is 0 Å². The van der Waals surface area contributed by atoms with Gasteiger partial charge >= 0.3 is 0 Å². The largest absolute Gasteiger partial charge is 0.508 e. The van der Waals surface area contributed by atoms with E-state index in [4.69, 9.17) is 4.74 Å². The van der Waals surface area contributed by atoms with Gasteiger partial charge in [-0.05, 0) is 42.5 Å². The van der Waals surface area contributed by atoms with Crippen LogP contribution in [0, 0.1) is 0 Å². The maximum absolute atomic E-state index is 12.0. The molecular weight excluding hydrogens is 292 g/mol. The van der Waals surface area contributed by atoms with Crippen molar-refractivity contribution in [1.82, 2.24) is 0 Å². The number of hydrogen-bond acceptors (Lipinski definition) is 5. The van der Waals surface area contributed by atoms with Gasteiger partial charge in [0.2, 0.25) is 9.84 Å². The summed E-state index contributed by atoms with van der Waals surface area (Å²) in [5, 5.41) is 19.9. The molecule has 2 aromatic rings. The van der Waals surface area contributed by atoms with E-state index in [-0.39, 0.29) is 23.0 Å². The summed E-state index contributed by atoms with van der Waals surface area (Å²) in [6.07, 6.45) is 0. The van der Waals surface area contributed by atoms with E-state index in [1.54, 1.807) is 12.1 Å². The third kappa shape index (κ3) is 2.57. The van der Waals surface area contributed by atoms with Crippen LogP contribution < -0.4 is 4.74 Å². The Bertz CT molecular complexity index is 820. The summed E-state index contributed by atoms with van der Waals surface area (Å²) < 4.78 is 29.5. The molecule has 5 nitrogen and oxygen atoms in total. The fourth-order valence-electron chi connectivity index (χ4n) is 2.15. The smallest absolute Gasteiger partial charge is 0.200 e. The van der Waals surface area contributed by atoms with Crippen molar-refractivity contribution < 1.29 is 23.4 Å². The lowest BCUT2D eigenvalue weighted by Crippen LogP contribution is -1.99. The van der Waals surface area contributed by atoms with E-state index in [1.807, 2.05) is 0 Å². The summed E-state index contributed by atoms with van der Waals surface area (Å²) in [5.41, 5.74) is 0.933. The number of ether oxygens (including phenoxy) is 1. The second-order valence-electron chi connectivity index (χ2n) is 4.65. The third-order valence-electron chi connectivity index (χ3n) is 3.14. The molecular formula is C15H12O5S. The number of rotatable bonds is 3. The summed E-state index contributed by atoms with van der Waals surface area (Å²) in [5.74, 6) is 0.640. The molecule has 0 spiro atoms. The van der Waals surface area contributed by atoms with Gasteiger partial charge in [-0.1, -0.05) is 0 Å². The minimum atomic E-state index is -3.48. The normalized spacial score (nSPS) is 15.3. The quantitative estimate of drug-likeness (QED) is 0.909. The van der Waals surface area contributed by atoms with Crippen molar-refractivity contribution in [2.45, 2.75) is 4.90 Å². The van der Waals surface area contributed by atoms with E-state index in [0.29, 0.717) is 16.9 Å². The summed E-state index contributed by atoms with van der Waals surface area (Å²) in [6.45, 7) is 0.0560. The van der Waals surface area contributed by atoms with Gasteiger partial charge in [0.15, 0.2) is 0 Å². The number of benzene rings is 2. The summed E-state index contributed by atoms with van der Waals surface area (Å²) in [7, 11) is -3.48. The first-order valence-corrected chi connectivity index (χ1v) is 7.71. The standard InChI is InChI=1S/C15H12O5S/c16-11-1-4-13(5-2-11)20-8-10-9-21(18,19)15-6-3-12(17)7-14(10)15/h1-7,9,16-17H,8H2. The van der Waals surface area contributed by atoms with Gasteiger partial charge in [-0.2, -0.15) is 0 Å². The Balaban J connectivity index is 1.87. The lowest BCUT2D eigenvalue weighted by Gasteiger charge is -2.08. The van der Waals surface area contributed by atoms with Gasteiger partial charge < -0.3 is 14.9 Å². The SMILES string of the molecule is O=S1(=O)C=C(COc2ccc(O)cc2)c2cc(O)ccc21. The zero-order valence-corrected chi connectivity index (χ0v) is 11.7. The van der Waals surface area contributed by atoms with E-state index in [2.05, 4.69) is 0 Å². The summed E-state index contributed by atoms with van der Waals surface area (Å²) >= 11 is 0. The molecule has 21 heavy (non-hydrogen) atoms. The molecule has 0 bridgehead atoms. The Labute approximate surface area is 121 Å². The second kappa shape index (κ2) is 4.82. The number of hydrogen-bond donors (Lipinski definition) is 2. The predicted molar refractivity (Wildman–Crippen MR) is 76.9 cm³/mol. The molecule has 1 aliphatic heterocycles. The predicted octanol–water partition coefficient (Wildman–Crippen LogP) is 2.31. The summed E-state index contributed by atoms with van der Waals surface area (Å²) in [4.78, 5) is 0.171. The Morgan fingerprint density at radius 3 is 2.33 bits per heavy atom. The van der Waals surface area contributed by atoms with Crippen LogP contribution in [-0.4, -0.2) is 25.2 Å². The average molecular weight is 304 g/mol. The van der Waals surface area contributed by atoms with Crippen LogP contribution in [0.15, 0.2) is 52.8 Å². The van der Waals surface area contributed by atoms with Crippen molar-refractivity contribution in [2.24, 2.45) is 0 Å². The average Bonchev–Trinajstić information content (AvgIpc) is 2.69. The molecule has 0 unspecified atom stereocenters. The molecule has 6 heteroatoms. The van der Waals surface area contributed by atoms with Gasteiger partial charge in [0.05, 0.1) is 4.90 Å². The van der Waals surface area contributed by atoms with Crippen molar-refractivity contribution in [3.05, 3.63) is 53.4 Å². The number of fused-ring (bicyclic) bond motifs is 1. The van der Waals surface area contributed by atoms with E-state index >= 15 is 0 Å². The maximum Gasteiger partial charge on any atom is 0.200 e. The molecule has 0 aromatic heterocycles. The molecule has 1 heterocycles. The second-order valence-corrected chi connectivity index (χ2v) is 6.42. The van der Waals surface area contributed by atoms with Gasteiger partial charge in [0.1, 0.15) is 23.9 Å². The highest BCUT2D eigenvalue weighted by atomic mass is 32.2. The zero-order chi connectivity index (χ0) is 15.0. The minimum absolute atomic E-state index is 0.00128. The molecule has 0 fully saturated rings. The Morgan fingerprint density at radius 2 is 1.62 bits per heavy atom. The first-order valence-electron chi connectivity index (χ1n) is 6.16. The highest BCUT2D eigenvalue weighted by Gasteiger charge is 2.27. The third-order valence-corrected chi connectivity index (χ3v) is 4.71. The molecule has 2 N–H and O–H groups in total. The number of phenolic OH excluding ortho intramolecular Hbond substituents is 2. The van der Waals surface area contributed by atoms with Crippen molar-refractivity contribution in [3.63, 3.8) is 0 Å². The molecule has 0 saturated heterocycles. The minimum Gasteiger partial charge on any atom is -0.508 e. The van der Waals surface area contributed by atoms with E-state index in [1.165, 1.54) is 30.3 Å². The van der Waals surface area contributed by atoms with E-state index < -0.39 is 9.84 Å². The monoisotopic (exact) mass is 304 g/mol. The van der Waals surface area contributed by atoms with Crippen LogP contribution in [0.3, 0.4) is 0 Å². The molecule has 108 valence electrons. The van der Waals surface area contributed by atoms with Crippen LogP contribution in [0.2, 0.25) is 0 Å². The fourth-order valence-corrected chi connectivity index (χ4v) is 3.60. The van der Waals surface area contributed by atoms with Gasteiger partial charge in [-0.3, -0.25) is 0 Å². The van der Waals surface area contributed by atoms with Gasteiger partial charge in [-0.15, -0.1) is 0 Å². The topological polar surface area (TPSA) is 83.8 Å². The van der Waals surface area contributed by atoms with E-state index in [9.17, 15) is 18.6 Å². The molecule has 0 atom stereocenters. The van der Waals surface area contributed by atoms with Crippen molar-refractivity contribution in [3.8, 4) is 17.2 Å². The Hall–Kier alpha value is -2.47. The van der Waals surface area contributed by atoms with Crippen molar-refractivity contribution in [1.29, 1.82) is 0 Å². The van der Waals surface area contributed by atoms with Crippen LogP contribution in [-0.2, 0) is 9.84 Å². The Morgan fingerprint density at radius 1 is 0.952 bits per heavy atom. The highest BCUT2D eigenvalue weighted by molar-refractivity contribution is 7.95. The molecule has 3 rings (SSSR count). The lowest BCUT2D eigenvalue weighted by atomic mass is 10.1. The molecule has 0 saturated carbocycles. The molecule has 2 aromatic carbocycles. The maximum atomic E-state index is 12.0. The first kappa shape index (κ1) is 13.5. The Kier molecular flexibility index (Phi) is 3.10. The van der Waals surface area contributed by atoms with Crippen LogP contribution in [0.4, 0.5) is 0 Å². The first-order chi connectivity index (χ1) is 9.95. The van der Waals surface area contributed by atoms with Crippen LogP contribution in [0.5, 0.6) is 17.2 Å². The zero-order valence-electron chi connectivity index (χ0n) is 10.9. The van der Waals surface area contributed by atoms with Gasteiger partial charge in [0, 0.05) is 16.5 Å². The van der Waals surface area contributed by atoms with Crippen LogP contribution in [0.25, 0.3) is 5.57 Å². The van der Waals surface area contributed by atoms with Crippen molar-refractivity contribution in [2.75, 3.05) is 6.61 Å². The highest BCUT2D eigenvalue weighted by Crippen LogP contribution is 2.35. The fraction of sp³-hybridized carbons (Fsp3) is 0.0667. The summed E-state index contributed by atoms with van der Waals surface area (Å²) in [6, 6.07) is 10.3. The van der Waals surface area contributed by atoms with Crippen LogP contribution in [0.1, 0.15) is 5.56 Å². The molecule has 0 radical (unpaired) electrons. The molecule has 0 amide bonds. The van der Waals surface area contributed by atoms with Gasteiger partial charge in [0.25, 0.3) is 0 Å². The number of phenols is 2. The van der Waals surface area contributed by atoms with Crippen molar-refractivity contribution >= 4 is 15.4 Å². The van der Waals surface area contributed by atoms with Gasteiger partial charge in [-0.25, -0.2) is 8.42 Å². The molecule has 1 aliphatic rings. The molecule has 0 aliphatic carbocycles. The van der Waals surface area contributed by atoms with E-state index in [0.717, 1.165) is 5.41 Å². The lowest BCUT2D eigenvalue weighted by molar-refractivity contribution is 0.368. The number of sulfone groups is 1. The number of aromatic hydroxyl groups is 2.